The fourth-order valence-electron chi connectivity index (χ4n) is 2.39. The van der Waals surface area contributed by atoms with E-state index in [1.165, 1.54) is 16.7 Å². The van der Waals surface area contributed by atoms with Crippen LogP contribution in [0.2, 0.25) is 10.0 Å². The fourth-order valence-corrected chi connectivity index (χ4v) is 3.09. The Balaban J connectivity index is 2.05. The number of hydrogen-bond donors (Lipinski definition) is 1. The molecule has 0 saturated heterocycles. The second-order valence-corrected chi connectivity index (χ2v) is 5.44. The lowest BCUT2D eigenvalue weighted by Crippen LogP contribution is -1.91. The lowest BCUT2D eigenvalue weighted by Gasteiger charge is -2.08. The van der Waals surface area contributed by atoms with Gasteiger partial charge in [0.2, 0.25) is 0 Å². The minimum Gasteiger partial charge on any atom is -0.386 e. The minimum atomic E-state index is 0.627. The Hall–Kier alpha value is -1.70. The third kappa shape index (κ3) is 2.35. The van der Waals surface area contributed by atoms with Crippen LogP contribution in [0.4, 0.5) is 5.69 Å². The first kappa shape index (κ1) is 13.3. The molecule has 1 aliphatic carbocycles. The molecule has 100 valence electrons. The topological polar surface area (TPSA) is 12.0 Å². The van der Waals surface area contributed by atoms with Gasteiger partial charge < -0.3 is 5.32 Å². The molecule has 1 nitrogen and oxygen atoms in total. The van der Waals surface area contributed by atoms with E-state index in [4.69, 9.17) is 23.2 Å². The maximum absolute atomic E-state index is 6.23. The number of benzene rings is 2. The van der Waals surface area contributed by atoms with Crippen LogP contribution in [0, 0.1) is 0 Å². The van der Waals surface area contributed by atoms with Crippen LogP contribution in [-0.4, -0.2) is 7.05 Å². The summed E-state index contributed by atoms with van der Waals surface area (Å²) in [4.78, 5) is 0. The highest BCUT2D eigenvalue weighted by Gasteiger charge is 2.10. The van der Waals surface area contributed by atoms with Gasteiger partial charge >= 0.3 is 0 Å². The molecule has 0 aliphatic heterocycles. The molecule has 0 spiro atoms. The van der Waals surface area contributed by atoms with Gasteiger partial charge in [0.05, 0.1) is 15.7 Å². The predicted octanol–water partition coefficient (Wildman–Crippen LogP) is 5.60. The predicted molar refractivity (Wildman–Crippen MR) is 89.4 cm³/mol. The third-order valence-electron chi connectivity index (χ3n) is 3.35. The van der Waals surface area contributed by atoms with Gasteiger partial charge in [-0.15, -0.1) is 0 Å². The average Bonchev–Trinajstić information content (AvgIpc) is 2.82. The van der Waals surface area contributed by atoms with Crippen molar-refractivity contribution in [1.82, 2.24) is 0 Å². The van der Waals surface area contributed by atoms with E-state index in [0.29, 0.717) is 10.0 Å². The van der Waals surface area contributed by atoms with Crippen molar-refractivity contribution in [2.24, 2.45) is 0 Å². The van der Waals surface area contributed by atoms with E-state index in [2.05, 4.69) is 35.7 Å². The van der Waals surface area contributed by atoms with Gasteiger partial charge in [-0.05, 0) is 40.5 Å². The van der Waals surface area contributed by atoms with E-state index < -0.39 is 0 Å². The molecule has 2 aromatic rings. The second-order valence-electron chi connectivity index (χ2n) is 4.63. The first-order chi connectivity index (χ1) is 9.69. The molecule has 0 fully saturated rings. The number of halogens is 2. The molecule has 20 heavy (non-hydrogen) atoms. The fraction of sp³-hybridized carbons (Fsp3) is 0.0588. The van der Waals surface area contributed by atoms with E-state index in [0.717, 1.165) is 11.3 Å². The summed E-state index contributed by atoms with van der Waals surface area (Å²) in [6.45, 7) is 0. The van der Waals surface area contributed by atoms with Crippen LogP contribution >= 0.6 is 23.2 Å². The SMILES string of the molecule is CNc1c(Cl)cc(C=C2C=Cc3ccccc32)cc1Cl. The number of rotatable bonds is 2. The molecule has 0 unspecified atom stereocenters. The van der Waals surface area contributed by atoms with Crippen molar-refractivity contribution in [1.29, 1.82) is 0 Å². The number of allylic oxidation sites excluding steroid dienone is 2. The van der Waals surface area contributed by atoms with E-state index in [1.807, 2.05) is 24.3 Å². The van der Waals surface area contributed by atoms with E-state index in [9.17, 15) is 0 Å². The normalized spacial score (nSPS) is 14.7. The van der Waals surface area contributed by atoms with Gasteiger partial charge in [0.1, 0.15) is 0 Å². The molecule has 3 heteroatoms. The zero-order valence-electron chi connectivity index (χ0n) is 11.0. The molecule has 0 aromatic heterocycles. The van der Waals surface area contributed by atoms with Crippen molar-refractivity contribution in [2.45, 2.75) is 0 Å². The molecule has 0 bridgehead atoms. The quantitative estimate of drug-likeness (QED) is 0.761. The summed E-state index contributed by atoms with van der Waals surface area (Å²) in [6.07, 6.45) is 6.32. The van der Waals surface area contributed by atoms with Gasteiger partial charge in [0.15, 0.2) is 0 Å². The Bertz CT molecular complexity index is 707. The van der Waals surface area contributed by atoms with Crippen molar-refractivity contribution < 1.29 is 0 Å². The van der Waals surface area contributed by atoms with Gasteiger partial charge in [-0.2, -0.15) is 0 Å². The van der Waals surface area contributed by atoms with E-state index in [-0.39, 0.29) is 0 Å². The molecule has 0 radical (unpaired) electrons. The van der Waals surface area contributed by atoms with Gasteiger partial charge in [0, 0.05) is 7.05 Å². The van der Waals surface area contributed by atoms with Crippen LogP contribution < -0.4 is 5.32 Å². The lowest BCUT2D eigenvalue weighted by atomic mass is 10.0. The van der Waals surface area contributed by atoms with Crippen LogP contribution in [-0.2, 0) is 0 Å². The highest BCUT2D eigenvalue weighted by atomic mass is 35.5. The summed E-state index contributed by atoms with van der Waals surface area (Å²) < 4.78 is 0. The Kier molecular flexibility index (Phi) is 3.56. The van der Waals surface area contributed by atoms with Crippen molar-refractivity contribution >= 4 is 46.6 Å². The zero-order chi connectivity index (χ0) is 14.1. The van der Waals surface area contributed by atoms with Gasteiger partial charge in [-0.1, -0.05) is 59.6 Å². The lowest BCUT2D eigenvalue weighted by molar-refractivity contribution is 1.50. The Labute approximate surface area is 128 Å². The highest BCUT2D eigenvalue weighted by Crippen LogP contribution is 2.35. The molecule has 0 atom stereocenters. The largest absolute Gasteiger partial charge is 0.386 e. The van der Waals surface area contributed by atoms with Gasteiger partial charge in [-0.25, -0.2) is 0 Å². The summed E-state index contributed by atoms with van der Waals surface area (Å²) >= 11 is 12.5. The molecule has 0 heterocycles. The summed E-state index contributed by atoms with van der Waals surface area (Å²) in [6, 6.07) is 12.1. The summed E-state index contributed by atoms with van der Waals surface area (Å²) in [7, 11) is 1.81. The van der Waals surface area contributed by atoms with Crippen molar-refractivity contribution in [3.63, 3.8) is 0 Å². The molecular weight excluding hydrogens is 289 g/mol. The Morgan fingerprint density at radius 2 is 1.70 bits per heavy atom. The summed E-state index contributed by atoms with van der Waals surface area (Å²) in [5, 5.41) is 4.26. The second kappa shape index (κ2) is 5.35. The number of hydrogen-bond acceptors (Lipinski definition) is 1. The molecular formula is C17H13Cl2N. The molecule has 1 N–H and O–H groups in total. The molecule has 2 aromatic carbocycles. The van der Waals surface area contributed by atoms with Crippen LogP contribution in [0.15, 0.2) is 42.5 Å². The maximum Gasteiger partial charge on any atom is 0.0716 e. The number of nitrogens with one attached hydrogen (secondary N) is 1. The van der Waals surface area contributed by atoms with Crippen LogP contribution in [0.5, 0.6) is 0 Å². The maximum atomic E-state index is 6.23. The van der Waals surface area contributed by atoms with Gasteiger partial charge in [-0.3, -0.25) is 0 Å². The average molecular weight is 302 g/mol. The van der Waals surface area contributed by atoms with Crippen LogP contribution in [0.25, 0.3) is 17.7 Å². The third-order valence-corrected chi connectivity index (χ3v) is 3.95. The summed E-state index contributed by atoms with van der Waals surface area (Å²) in [5.74, 6) is 0. The molecule has 0 saturated carbocycles. The van der Waals surface area contributed by atoms with Crippen molar-refractivity contribution in [2.75, 3.05) is 12.4 Å². The first-order valence-electron chi connectivity index (χ1n) is 6.35. The molecule has 1 aliphatic rings. The number of fused-ring (bicyclic) bond motifs is 1. The monoisotopic (exact) mass is 301 g/mol. The summed E-state index contributed by atoms with van der Waals surface area (Å²) in [5.41, 5.74) is 5.40. The Morgan fingerprint density at radius 1 is 1.00 bits per heavy atom. The van der Waals surface area contributed by atoms with Crippen LogP contribution in [0.3, 0.4) is 0 Å². The first-order valence-corrected chi connectivity index (χ1v) is 7.10. The van der Waals surface area contributed by atoms with Crippen LogP contribution in [0.1, 0.15) is 16.7 Å². The highest BCUT2D eigenvalue weighted by molar-refractivity contribution is 6.39. The minimum absolute atomic E-state index is 0.627. The smallest absolute Gasteiger partial charge is 0.0716 e. The van der Waals surface area contributed by atoms with Crippen molar-refractivity contribution in [3.8, 4) is 0 Å². The van der Waals surface area contributed by atoms with Crippen molar-refractivity contribution in [3.05, 3.63) is 69.2 Å². The molecule has 0 amide bonds. The Morgan fingerprint density at radius 3 is 2.40 bits per heavy atom. The van der Waals surface area contributed by atoms with E-state index >= 15 is 0 Å². The van der Waals surface area contributed by atoms with Gasteiger partial charge in [0.25, 0.3) is 0 Å². The zero-order valence-corrected chi connectivity index (χ0v) is 12.5. The number of anilines is 1. The standard InChI is InChI=1S/C17H13Cl2N/c1-20-17-15(18)9-11(10-16(17)19)8-13-7-6-12-4-2-3-5-14(12)13/h2-10,20H,1H3. The molecule has 3 rings (SSSR count). The van der Waals surface area contributed by atoms with E-state index in [1.54, 1.807) is 7.05 Å².